The first kappa shape index (κ1) is 26.6. The fourth-order valence-electron chi connectivity index (χ4n) is 4.44. The van der Waals surface area contributed by atoms with Crippen LogP contribution in [0.3, 0.4) is 0 Å². The third-order valence-corrected chi connectivity index (χ3v) is 8.00. The molecule has 1 saturated heterocycles. The van der Waals surface area contributed by atoms with Crippen molar-refractivity contribution in [3.8, 4) is 17.2 Å². The summed E-state index contributed by atoms with van der Waals surface area (Å²) in [5, 5.41) is -0.196. The van der Waals surface area contributed by atoms with Crippen LogP contribution in [0.15, 0.2) is 66.7 Å². The first-order valence-corrected chi connectivity index (χ1v) is 14.0. The number of aryl methyl sites for hydroxylation is 1. The van der Waals surface area contributed by atoms with Crippen LogP contribution in [0.4, 0.5) is 10.5 Å². The lowest BCUT2D eigenvalue weighted by Crippen LogP contribution is -2.28. The molecule has 0 radical (unpaired) electrons. The van der Waals surface area contributed by atoms with Gasteiger partial charge in [-0.15, -0.1) is 0 Å². The number of hydrogen-bond donors (Lipinski definition) is 0. The van der Waals surface area contributed by atoms with Crippen molar-refractivity contribution in [3.05, 3.63) is 78.1 Å². The molecule has 1 atom stereocenters. The van der Waals surface area contributed by atoms with Crippen LogP contribution in [0.5, 0.6) is 17.2 Å². The molecule has 202 valence electrons. The molecule has 0 spiro atoms. The third-order valence-electron chi connectivity index (χ3n) is 7.14. The molecule has 2 heterocycles. The lowest BCUT2D eigenvalue weighted by Gasteiger charge is -2.27. The molecule has 1 unspecified atom stereocenters. The van der Waals surface area contributed by atoms with Crippen LogP contribution >= 0.6 is 11.8 Å². The average Bonchev–Trinajstić information content (AvgIpc) is 3.44. The Morgan fingerprint density at radius 1 is 1.05 bits per heavy atom. The van der Waals surface area contributed by atoms with E-state index in [1.807, 2.05) is 72.3 Å². The molecule has 1 aliphatic heterocycles. The molecule has 3 aromatic carbocycles. The number of aromatic nitrogens is 2. The number of benzene rings is 3. The first-order chi connectivity index (χ1) is 18.8. The number of imide groups is 1. The summed E-state index contributed by atoms with van der Waals surface area (Å²) < 4.78 is 14.3. The summed E-state index contributed by atoms with van der Waals surface area (Å²) in [6.07, 6.45) is 1.04. The van der Waals surface area contributed by atoms with Crippen LogP contribution in [0.1, 0.15) is 31.7 Å². The highest BCUT2D eigenvalue weighted by Crippen LogP contribution is 2.34. The second-order valence-electron chi connectivity index (χ2n) is 9.64. The maximum atomic E-state index is 11.9. The van der Waals surface area contributed by atoms with Gasteiger partial charge < -0.3 is 18.9 Å². The van der Waals surface area contributed by atoms with Crippen LogP contribution in [0.2, 0.25) is 0 Å². The predicted molar refractivity (Wildman–Crippen MR) is 155 cm³/mol. The maximum Gasteiger partial charge on any atom is 0.289 e. The molecule has 2 amide bonds. The van der Waals surface area contributed by atoms with Gasteiger partial charge >= 0.3 is 0 Å². The number of anilines is 1. The molecule has 0 saturated carbocycles. The number of nitrogens with zero attached hydrogens (tertiary/aromatic N) is 4. The monoisotopic (exact) mass is 544 g/mol. The molecule has 5 rings (SSSR count). The van der Waals surface area contributed by atoms with Crippen LogP contribution < -0.4 is 14.4 Å². The van der Waals surface area contributed by atoms with Crippen molar-refractivity contribution >= 4 is 39.6 Å². The van der Waals surface area contributed by atoms with E-state index in [1.54, 1.807) is 0 Å². The highest BCUT2D eigenvalue weighted by atomic mass is 32.2. The van der Waals surface area contributed by atoms with E-state index in [2.05, 4.69) is 31.9 Å². The number of hydrogen-bond acceptors (Lipinski definition) is 7. The fraction of sp³-hybridized carbons (Fsp3) is 0.300. The van der Waals surface area contributed by atoms with Gasteiger partial charge in [0.2, 0.25) is 5.91 Å². The summed E-state index contributed by atoms with van der Waals surface area (Å²) in [6, 6.07) is 21.8. The smallest absolute Gasteiger partial charge is 0.289 e. The second-order valence-corrected chi connectivity index (χ2v) is 10.6. The predicted octanol–water partition coefficient (Wildman–Crippen LogP) is 6.37. The number of fused-ring (bicyclic) bond motifs is 1. The fourth-order valence-corrected chi connectivity index (χ4v) is 5.17. The molecule has 4 aromatic rings. The van der Waals surface area contributed by atoms with Crippen molar-refractivity contribution in [1.29, 1.82) is 0 Å². The molecule has 0 bridgehead atoms. The van der Waals surface area contributed by atoms with Gasteiger partial charge in [0.05, 0.1) is 29.0 Å². The molecule has 0 aliphatic carbocycles. The van der Waals surface area contributed by atoms with E-state index >= 15 is 0 Å². The number of rotatable bonds is 10. The van der Waals surface area contributed by atoms with E-state index in [1.165, 1.54) is 4.90 Å². The van der Waals surface area contributed by atoms with Gasteiger partial charge in [0, 0.05) is 26.2 Å². The number of thioether (sulfide) groups is 1. The van der Waals surface area contributed by atoms with Crippen molar-refractivity contribution in [2.24, 2.45) is 7.05 Å². The normalized spacial score (nSPS) is 14.2. The molecular formula is C30H32N4O4S. The van der Waals surface area contributed by atoms with E-state index in [0.29, 0.717) is 18.4 Å². The molecule has 0 N–H and O–H groups in total. The minimum absolute atomic E-state index is 0.150. The zero-order valence-electron chi connectivity index (χ0n) is 22.6. The number of carbonyl (C=O) groups is 2. The quantitative estimate of drug-likeness (QED) is 0.229. The van der Waals surface area contributed by atoms with Crippen molar-refractivity contribution < 1.29 is 19.1 Å². The van der Waals surface area contributed by atoms with Gasteiger partial charge in [-0.25, -0.2) is 4.98 Å². The standard InChI is InChI=1S/C30H32N4O4S/c1-5-20(2)32(3)25-8-6-7-9-27(25)38-23-14-15-24-26(16-23)33(4)28(31-24)18-37-22-12-10-21(11-13-22)17-34-29(35)19-39-30(34)36/h6-16,20H,5,17-19H2,1-4H3. The number of imidazole rings is 1. The SMILES string of the molecule is CCC(C)N(C)c1ccccc1Oc1ccc2nc(COc3ccc(CN4C(=O)CSC4=O)cc3)n(C)c2c1. The zero-order valence-corrected chi connectivity index (χ0v) is 23.4. The average molecular weight is 545 g/mol. The number of carbonyl (C=O) groups excluding carboxylic acids is 2. The van der Waals surface area contributed by atoms with Crippen LogP contribution in [-0.4, -0.2) is 44.4 Å². The molecule has 1 fully saturated rings. The highest BCUT2D eigenvalue weighted by molar-refractivity contribution is 8.14. The minimum Gasteiger partial charge on any atom is -0.486 e. The summed E-state index contributed by atoms with van der Waals surface area (Å²) >= 11 is 1.04. The topological polar surface area (TPSA) is 76.9 Å². The number of amides is 2. The Morgan fingerprint density at radius 2 is 1.79 bits per heavy atom. The minimum atomic E-state index is -0.196. The van der Waals surface area contributed by atoms with Gasteiger partial charge in [-0.05, 0) is 55.3 Å². The molecular weight excluding hydrogens is 512 g/mol. The van der Waals surface area contributed by atoms with E-state index in [9.17, 15) is 9.59 Å². The van der Waals surface area contributed by atoms with Crippen LogP contribution in [0, 0.1) is 0 Å². The summed E-state index contributed by atoms with van der Waals surface area (Å²) in [7, 11) is 4.06. The molecule has 1 aliphatic rings. The first-order valence-electron chi connectivity index (χ1n) is 13.0. The van der Waals surface area contributed by atoms with Gasteiger partial charge in [-0.2, -0.15) is 0 Å². The van der Waals surface area contributed by atoms with Gasteiger partial charge in [0.15, 0.2) is 5.75 Å². The number of ether oxygens (including phenoxy) is 2. The Bertz CT molecular complexity index is 1480. The molecule has 8 nitrogen and oxygen atoms in total. The summed E-state index contributed by atoms with van der Waals surface area (Å²) in [4.78, 5) is 32.0. The van der Waals surface area contributed by atoms with E-state index < -0.39 is 0 Å². The van der Waals surface area contributed by atoms with Crippen molar-refractivity contribution in [3.63, 3.8) is 0 Å². The molecule has 9 heteroatoms. The van der Waals surface area contributed by atoms with Gasteiger partial charge in [-0.1, -0.05) is 43.0 Å². The van der Waals surface area contributed by atoms with E-state index in [4.69, 9.17) is 14.5 Å². The Balaban J connectivity index is 1.27. The third kappa shape index (κ3) is 5.73. The van der Waals surface area contributed by atoms with Gasteiger partial charge in [0.1, 0.15) is 23.9 Å². The lowest BCUT2D eigenvalue weighted by molar-refractivity contribution is -0.125. The van der Waals surface area contributed by atoms with Gasteiger partial charge in [0.25, 0.3) is 5.24 Å². The summed E-state index contributed by atoms with van der Waals surface area (Å²) in [5.74, 6) is 3.09. The van der Waals surface area contributed by atoms with E-state index in [0.717, 1.165) is 57.8 Å². The molecule has 1 aromatic heterocycles. The van der Waals surface area contributed by atoms with Gasteiger partial charge in [-0.3, -0.25) is 14.5 Å². The lowest BCUT2D eigenvalue weighted by atomic mass is 10.2. The Labute approximate surface area is 232 Å². The largest absolute Gasteiger partial charge is 0.486 e. The Morgan fingerprint density at radius 3 is 2.51 bits per heavy atom. The summed E-state index contributed by atoms with van der Waals surface area (Å²) in [5.41, 5.74) is 3.74. The van der Waals surface area contributed by atoms with Crippen molar-refractivity contribution in [2.45, 2.75) is 39.5 Å². The zero-order chi connectivity index (χ0) is 27.5. The Kier molecular flexibility index (Phi) is 7.79. The maximum absolute atomic E-state index is 11.9. The second kappa shape index (κ2) is 11.4. The molecule has 39 heavy (non-hydrogen) atoms. The highest BCUT2D eigenvalue weighted by Gasteiger charge is 2.29. The Hall–Kier alpha value is -3.98. The van der Waals surface area contributed by atoms with E-state index in [-0.39, 0.29) is 23.4 Å². The van der Waals surface area contributed by atoms with Crippen molar-refractivity contribution in [1.82, 2.24) is 14.5 Å². The van der Waals surface area contributed by atoms with Crippen molar-refractivity contribution in [2.75, 3.05) is 17.7 Å². The van der Waals surface area contributed by atoms with Crippen LogP contribution in [-0.2, 0) is 25.0 Å². The van der Waals surface area contributed by atoms with Crippen LogP contribution in [0.25, 0.3) is 11.0 Å². The number of para-hydroxylation sites is 2. The summed E-state index contributed by atoms with van der Waals surface area (Å²) in [6.45, 7) is 4.95.